The largest absolute Gasteiger partial charge is 0.472 e. The summed E-state index contributed by atoms with van der Waals surface area (Å²) >= 11 is 0. The first-order valence-electron chi connectivity index (χ1n) is 16.4. The summed E-state index contributed by atoms with van der Waals surface area (Å²) in [5.74, 6) is 0.213. The van der Waals surface area contributed by atoms with E-state index in [1.54, 1.807) is 4.68 Å². The fourth-order valence-corrected chi connectivity index (χ4v) is 9.58. The average Bonchev–Trinajstić information content (AvgIpc) is 3.88. The predicted molar refractivity (Wildman–Crippen MR) is 182 cm³/mol. The number of anilines is 1. The van der Waals surface area contributed by atoms with Crippen molar-refractivity contribution in [1.82, 2.24) is 14.1 Å². The van der Waals surface area contributed by atoms with Crippen molar-refractivity contribution in [3.63, 3.8) is 0 Å². The minimum absolute atomic E-state index is 0.0153. The van der Waals surface area contributed by atoms with Gasteiger partial charge in [0, 0.05) is 18.5 Å². The van der Waals surface area contributed by atoms with Crippen LogP contribution in [-0.4, -0.2) is 36.6 Å². The van der Waals surface area contributed by atoms with Gasteiger partial charge in [0.1, 0.15) is 22.7 Å². The highest BCUT2D eigenvalue weighted by Crippen LogP contribution is 2.48. The standard InChI is InChI=1S/C38H36FN5O3S/c1-25-24-43-36(47-25)34(23-41-43)48(40,46)44(37(45)42-35-32-19-11-12-26(32)20-27-21-31(39)22-33(27)35)38(28-13-5-2-6-14-28,29-15-7-3-8-16-29)30-17-9-4-10-18-30/h2-10,13-18,20,23,25,31,40H,11-12,19,21-22,24H2,1H3,(H,42,45)/t25-,31+,48+/m1/s1. The second-order valence-electron chi connectivity index (χ2n) is 12.9. The van der Waals surface area contributed by atoms with Crippen molar-refractivity contribution in [2.24, 2.45) is 0 Å². The topological polar surface area (TPSA) is 100 Å². The smallest absolute Gasteiger partial charge is 0.336 e. The summed E-state index contributed by atoms with van der Waals surface area (Å²) in [6.07, 6.45) is 3.11. The number of carbonyl (C=O) groups excluding carboxylic acids is 1. The lowest BCUT2D eigenvalue weighted by atomic mass is 9.77. The van der Waals surface area contributed by atoms with Gasteiger partial charge in [-0.2, -0.15) is 5.10 Å². The number of amides is 2. The lowest BCUT2D eigenvalue weighted by Gasteiger charge is -2.45. The summed E-state index contributed by atoms with van der Waals surface area (Å²) in [5, 5.41) is 7.61. The fraction of sp³-hybridized carbons (Fsp3) is 0.263. The Labute approximate surface area is 279 Å². The molecule has 5 aromatic rings. The summed E-state index contributed by atoms with van der Waals surface area (Å²) in [6.45, 7) is 2.32. The van der Waals surface area contributed by atoms with Gasteiger partial charge in [-0.1, -0.05) is 97.1 Å². The molecule has 1 aromatic heterocycles. The first kappa shape index (κ1) is 30.4. The van der Waals surface area contributed by atoms with E-state index in [4.69, 9.17) is 4.74 Å². The number of aromatic nitrogens is 2. The number of carbonyl (C=O) groups is 1. The number of rotatable bonds is 7. The number of alkyl halides is 1. The Hall–Kier alpha value is -4.96. The van der Waals surface area contributed by atoms with E-state index in [1.165, 1.54) is 10.5 Å². The average molecular weight is 662 g/mol. The van der Waals surface area contributed by atoms with Gasteiger partial charge < -0.3 is 10.1 Å². The van der Waals surface area contributed by atoms with Crippen molar-refractivity contribution in [2.45, 2.75) is 68.3 Å². The zero-order chi connectivity index (χ0) is 33.0. The molecule has 4 aromatic carbocycles. The number of urea groups is 1. The summed E-state index contributed by atoms with van der Waals surface area (Å²) in [4.78, 5) is 15.4. The molecule has 2 N–H and O–H groups in total. The lowest BCUT2D eigenvalue weighted by molar-refractivity contribution is 0.217. The first-order chi connectivity index (χ1) is 23.3. The van der Waals surface area contributed by atoms with Crippen molar-refractivity contribution in [1.29, 1.82) is 4.78 Å². The van der Waals surface area contributed by atoms with Crippen LogP contribution in [0.25, 0.3) is 0 Å². The molecule has 48 heavy (non-hydrogen) atoms. The minimum Gasteiger partial charge on any atom is -0.472 e. The quantitative estimate of drug-likeness (QED) is 0.177. The zero-order valence-electron chi connectivity index (χ0n) is 26.6. The number of nitrogens with one attached hydrogen (secondary N) is 2. The van der Waals surface area contributed by atoms with E-state index in [2.05, 4.69) is 16.5 Å². The maximum absolute atomic E-state index is 15.7. The molecule has 0 saturated carbocycles. The van der Waals surface area contributed by atoms with E-state index >= 15 is 9.00 Å². The Kier molecular flexibility index (Phi) is 7.36. The number of nitrogens with zero attached hydrogens (tertiary/aromatic N) is 3. The summed E-state index contributed by atoms with van der Waals surface area (Å²) in [5.41, 5.74) is 4.72. The van der Waals surface area contributed by atoms with Crippen molar-refractivity contribution in [3.8, 4) is 5.88 Å². The summed E-state index contributed by atoms with van der Waals surface area (Å²) in [6, 6.07) is 29.6. The number of benzene rings is 4. The van der Waals surface area contributed by atoms with Crippen molar-refractivity contribution in [2.75, 3.05) is 5.32 Å². The molecule has 1 aliphatic heterocycles. The van der Waals surface area contributed by atoms with E-state index in [9.17, 15) is 9.17 Å². The van der Waals surface area contributed by atoms with E-state index in [-0.39, 0.29) is 23.3 Å². The van der Waals surface area contributed by atoms with Crippen LogP contribution in [0.5, 0.6) is 5.88 Å². The number of halogens is 1. The molecule has 8 rings (SSSR count). The molecule has 0 bridgehead atoms. The Morgan fingerprint density at radius 3 is 2.15 bits per heavy atom. The fourth-order valence-electron chi connectivity index (χ4n) is 7.83. The Bertz CT molecular complexity index is 2020. The molecule has 2 heterocycles. The van der Waals surface area contributed by atoms with Crippen molar-refractivity contribution < 1.29 is 18.1 Å². The molecule has 0 radical (unpaired) electrons. The lowest BCUT2D eigenvalue weighted by Crippen LogP contribution is -2.55. The SMILES string of the molecule is C[C@@H]1Cn2ncc([S@@](=N)(=O)N(C(=O)Nc3c4c(cc5c3C[C@@H](F)C5)CCC4)C(c3ccccc3)(c3ccccc3)c3ccccc3)c2O1. The van der Waals surface area contributed by atoms with Crippen LogP contribution in [0.15, 0.2) is 108 Å². The maximum Gasteiger partial charge on any atom is 0.336 e. The van der Waals surface area contributed by atoms with Crippen LogP contribution in [-0.2, 0) is 47.7 Å². The van der Waals surface area contributed by atoms with E-state index < -0.39 is 27.7 Å². The van der Waals surface area contributed by atoms with E-state index in [1.807, 2.05) is 97.9 Å². The van der Waals surface area contributed by atoms with E-state index in [0.717, 1.165) is 41.5 Å². The molecule has 3 atom stereocenters. The molecule has 2 amide bonds. The third-order valence-corrected chi connectivity index (χ3v) is 11.7. The molecule has 244 valence electrons. The molecule has 3 aliphatic rings. The number of aryl methyl sites for hydroxylation is 1. The van der Waals surface area contributed by atoms with Crippen LogP contribution in [0.2, 0.25) is 0 Å². The molecular weight excluding hydrogens is 626 g/mol. The summed E-state index contributed by atoms with van der Waals surface area (Å²) in [7, 11) is -4.23. The Morgan fingerprint density at radius 1 is 0.938 bits per heavy atom. The molecule has 8 nitrogen and oxygen atoms in total. The molecule has 0 unspecified atom stereocenters. The monoisotopic (exact) mass is 661 g/mol. The third kappa shape index (κ3) is 4.72. The van der Waals surface area contributed by atoms with Crippen molar-refractivity contribution in [3.05, 3.63) is 142 Å². The van der Waals surface area contributed by atoms with Crippen molar-refractivity contribution >= 4 is 21.6 Å². The summed E-state index contributed by atoms with van der Waals surface area (Å²) < 4.78 is 49.4. The van der Waals surface area contributed by atoms with Gasteiger partial charge in [0.25, 0.3) is 0 Å². The molecule has 0 fully saturated rings. The number of hydrogen-bond acceptors (Lipinski definition) is 5. The molecule has 0 saturated heterocycles. The van der Waals surface area contributed by atoms with Crippen LogP contribution in [0.4, 0.5) is 14.9 Å². The van der Waals surface area contributed by atoms with Crippen LogP contribution in [0.3, 0.4) is 0 Å². The number of fused-ring (bicyclic) bond motifs is 3. The van der Waals surface area contributed by atoms with Gasteiger partial charge in [-0.25, -0.2) is 27.2 Å². The highest BCUT2D eigenvalue weighted by Gasteiger charge is 2.51. The molecule has 10 heteroatoms. The Morgan fingerprint density at radius 2 is 1.54 bits per heavy atom. The van der Waals surface area contributed by atoms with Gasteiger partial charge >= 0.3 is 6.03 Å². The number of hydrogen-bond donors (Lipinski definition) is 2. The minimum atomic E-state index is -4.23. The van der Waals surface area contributed by atoms with Gasteiger partial charge in [-0.3, -0.25) is 0 Å². The van der Waals surface area contributed by atoms with Gasteiger partial charge in [-0.05, 0) is 65.1 Å². The van der Waals surface area contributed by atoms with Crippen LogP contribution in [0.1, 0.15) is 52.3 Å². The van der Waals surface area contributed by atoms with Gasteiger partial charge in [-0.15, -0.1) is 0 Å². The molecule has 2 aliphatic carbocycles. The number of ether oxygens (including phenoxy) is 1. The van der Waals surface area contributed by atoms with Crippen LogP contribution >= 0.6 is 0 Å². The van der Waals surface area contributed by atoms with E-state index in [0.29, 0.717) is 35.3 Å². The highest BCUT2D eigenvalue weighted by atomic mass is 32.2. The zero-order valence-corrected chi connectivity index (χ0v) is 27.4. The molecular formula is C38H36FN5O3S. The first-order valence-corrected chi connectivity index (χ1v) is 17.9. The third-order valence-electron chi connectivity index (χ3n) is 9.82. The second kappa shape index (κ2) is 11.6. The normalized spacial score (nSPS) is 19.1. The van der Waals surface area contributed by atoms with Gasteiger partial charge in [0.15, 0.2) is 9.92 Å². The van der Waals surface area contributed by atoms with Gasteiger partial charge in [0.05, 0.1) is 12.7 Å². The van der Waals surface area contributed by atoms with Crippen LogP contribution in [0, 0.1) is 4.78 Å². The van der Waals surface area contributed by atoms with Crippen LogP contribution < -0.4 is 10.1 Å². The Balaban J connectivity index is 1.42. The van der Waals surface area contributed by atoms with Gasteiger partial charge in [0.2, 0.25) is 5.88 Å². The predicted octanol–water partition coefficient (Wildman–Crippen LogP) is 7.44. The highest BCUT2D eigenvalue weighted by molar-refractivity contribution is 7.90. The second-order valence-corrected chi connectivity index (χ2v) is 14.7. The molecule has 0 spiro atoms. The maximum atomic E-state index is 15.7.